The van der Waals surface area contributed by atoms with Crippen LogP contribution in [0, 0.1) is 5.82 Å². The summed E-state index contributed by atoms with van der Waals surface area (Å²) >= 11 is 0. The molecule has 0 fully saturated rings. The number of hydrogen-bond acceptors (Lipinski definition) is 3. The number of aliphatic hydroxyl groups is 2. The van der Waals surface area contributed by atoms with Gasteiger partial charge in [0.25, 0.3) is 0 Å². The Balaban J connectivity index is 2.42. The fraction of sp³-hybridized carbons (Fsp3) is 0.500. The zero-order chi connectivity index (χ0) is 12.0. The highest BCUT2D eigenvalue weighted by atomic mass is 19.1. The summed E-state index contributed by atoms with van der Waals surface area (Å²) in [6.07, 6.45) is 0.771. The second-order valence-corrected chi connectivity index (χ2v) is 3.88. The van der Waals surface area contributed by atoms with Gasteiger partial charge in [0.1, 0.15) is 5.82 Å². The normalized spacial score (nSPS) is 11.4. The lowest BCUT2D eigenvalue weighted by atomic mass is 10.1. The molecule has 0 aliphatic carbocycles. The summed E-state index contributed by atoms with van der Waals surface area (Å²) in [4.78, 5) is 1.89. The first-order chi connectivity index (χ1) is 7.67. The third-order valence-electron chi connectivity index (χ3n) is 2.71. The molecule has 16 heavy (non-hydrogen) atoms. The molecule has 0 aliphatic heterocycles. The van der Waals surface area contributed by atoms with Gasteiger partial charge in [-0.15, -0.1) is 0 Å². The number of halogens is 1. The first kappa shape index (κ1) is 13.1. The molecule has 0 aliphatic rings. The summed E-state index contributed by atoms with van der Waals surface area (Å²) in [5, 5.41) is 18.0. The minimum absolute atomic E-state index is 0.0591. The quantitative estimate of drug-likeness (QED) is 0.750. The van der Waals surface area contributed by atoms with Crippen LogP contribution in [-0.4, -0.2) is 48.0 Å². The molecule has 0 spiro atoms. The molecule has 0 amide bonds. The maximum Gasteiger partial charge on any atom is 0.123 e. The van der Waals surface area contributed by atoms with E-state index in [4.69, 9.17) is 10.2 Å². The standard InChI is InChI=1S/C12H18FNO2/c1-14(12(8-15)9-16)7-6-10-2-4-11(13)5-3-10/h2-5,12,15-16H,6-9H2,1H3. The van der Waals surface area contributed by atoms with Gasteiger partial charge in [0, 0.05) is 6.54 Å². The zero-order valence-corrected chi connectivity index (χ0v) is 9.43. The summed E-state index contributed by atoms with van der Waals surface area (Å²) < 4.78 is 12.6. The van der Waals surface area contributed by atoms with Crippen LogP contribution in [0.1, 0.15) is 5.56 Å². The van der Waals surface area contributed by atoms with Crippen LogP contribution >= 0.6 is 0 Å². The Morgan fingerprint density at radius 2 is 1.75 bits per heavy atom. The molecule has 0 unspecified atom stereocenters. The van der Waals surface area contributed by atoms with Gasteiger partial charge < -0.3 is 10.2 Å². The fourth-order valence-electron chi connectivity index (χ4n) is 1.48. The third-order valence-corrected chi connectivity index (χ3v) is 2.71. The van der Waals surface area contributed by atoms with Crippen LogP contribution in [0.4, 0.5) is 4.39 Å². The van der Waals surface area contributed by atoms with Crippen molar-refractivity contribution in [2.45, 2.75) is 12.5 Å². The summed E-state index contributed by atoms with van der Waals surface area (Å²) in [6, 6.07) is 6.14. The molecule has 3 nitrogen and oxygen atoms in total. The molecule has 0 atom stereocenters. The van der Waals surface area contributed by atoms with E-state index in [1.54, 1.807) is 12.1 Å². The molecule has 0 heterocycles. The average Bonchev–Trinajstić information content (AvgIpc) is 2.30. The molecule has 0 saturated heterocycles. The van der Waals surface area contributed by atoms with Crippen LogP contribution in [0.25, 0.3) is 0 Å². The van der Waals surface area contributed by atoms with E-state index in [1.165, 1.54) is 12.1 Å². The average molecular weight is 227 g/mol. The number of likely N-dealkylation sites (N-methyl/N-ethyl adjacent to an activating group) is 1. The van der Waals surface area contributed by atoms with E-state index in [1.807, 2.05) is 11.9 Å². The molecule has 0 saturated carbocycles. The Morgan fingerprint density at radius 3 is 2.25 bits per heavy atom. The lowest BCUT2D eigenvalue weighted by molar-refractivity contribution is 0.0925. The van der Waals surface area contributed by atoms with Gasteiger partial charge in [-0.25, -0.2) is 4.39 Å². The smallest absolute Gasteiger partial charge is 0.123 e. The molecule has 0 aromatic heterocycles. The predicted octanol–water partition coefficient (Wildman–Crippen LogP) is 0.653. The lowest BCUT2D eigenvalue weighted by Crippen LogP contribution is -2.38. The van der Waals surface area contributed by atoms with E-state index in [2.05, 4.69) is 0 Å². The van der Waals surface area contributed by atoms with Gasteiger partial charge in [0.05, 0.1) is 19.3 Å². The highest BCUT2D eigenvalue weighted by molar-refractivity contribution is 5.16. The van der Waals surface area contributed by atoms with Crippen molar-refractivity contribution in [3.63, 3.8) is 0 Å². The maximum atomic E-state index is 12.6. The summed E-state index contributed by atoms with van der Waals surface area (Å²) in [7, 11) is 1.85. The topological polar surface area (TPSA) is 43.7 Å². The van der Waals surface area contributed by atoms with Crippen molar-refractivity contribution in [1.29, 1.82) is 0 Å². The Morgan fingerprint density at radius 1 is 1.19 bits per heavy atom. The highest BCUT2D eigenvalue weighted by Gasteiger charge is 2.11. The van der Waals surface area contributed by atoms with Gasteiger partial charge in [-0.1, -0.05) is 12.1 Å². The second kappa shape index (κ2) is 6.58. The van der Waals surface area contributed by atoms with Gasteiger partial charge in [0.2, 0.25) is 0 Å². The van der Waals surface area contributed by atoms with E-state index in [0.29, 0.717) is 0 Å². The van der Waals surface area contributed by atoms with Crippen LogP contribution in [0.5, 0.6) is 0 Å². The summed E-state index contributed by atoms with van der Waals surface area (Å²) in [5.74, 6) is -0.235. The van der Waals surface area contributed by atoms with Crippen molar-refractivity contribution in [2.75, 3.05) is 26.8 Å². The number of aliphatic hydroxyl groups excluding tert-OH is 2. The van der Waals surface area contributed by atoms with Gasteiger partial charge >= 0.3 is 0 Å². The maximum absolute atomic E-state index is 12.6. The number of benzene rings is 1. The van der Waals surface area contributed by atoms with E-state index in [0.717, 1.165) is 18.5 Å². The predicted molar refractivity (Wildman–Crippen MR) is 60.7 cm³/mol. The van der Waals surface area contributed by atoms with E-state index in [9.17, 15) is 4.39 Å². The minimum atomic E-state index is -0.235. The molecule has 0 radical (unpaired) electrons. The number of rotatable bonds is 6. The second-order valence-electron chi connectivity index (χ2n) is 3.88. The number of nitrogens with zero attached hydrogens (tertiary/aromatic N) is 1. The SMILES string of the molecule is CN(CCc1ccc(F)cc1)C(CO)CO. The molecule has 2 N–H and O–H groups in total. The summed E-state index contributed by atoms with van der Waals surface area (Å²) in [6.45, 7) is 0.601. The van der Waals surface area contributed by atoms with Gasteiger partial charge in [-0.05, 0) is 31.2 Å². The van der Waals surface area contributed by atoms with Crippen molar-refractivity contribution >= 4 is 0 Å². The first-order valence-electron chi connectivity index (χ1n) is 5.33. The van der Waals surface area contributed by atoms with Crippen molar-refractivity contribution in [1.82, 2.24) is 4.90 Å². The Bertz CT molecular complexity index is 298. The zero-order valence-electron chi connectivity index (χ0n) is 9.43. The first-order valence-corrected chi connectivity index (χ1v) is 5.33. The molecule has 1 aromatic carbocycles. The third kappa shape index (κ3) is 3.89. The van der Waals surface area contributed by atoms with Crippen LogP contribution in [0.2, 0.25) is 0 Å². The summed E-state index contributed by atoms with van der Waals surface area (Å²) in [5.41, 5.74) is 1.04. The molecule has 1 aromatic rings. The largest absolute Gasteiger partial charge is 0.395 e. The van der Waals surface area contributed by atoms with Crippen LogP contribution in [0.3, 0.4) is 0 Å². The fourth-order valence-corrected chi connectivity index (χ4v) is 1.48. The molecular weight excluding hydrogens is 209 g/mol. The Labute approximate surface area is 95.1 Å². The van der Waals surface area contributed by atoms with Gasteiger partial charge in [-0.2, -0.15) is 0 Å². The van der Waals surface area contributed by atoms with Crippen molar-refractivity contribution in [3.05, 3.63) is 35.6 Å². The monoisotopic (exact) mass is 227 g/mol. The molecule has 90 valence electrons. The van der Waals surface area contributed by atoms with E-state index in [-0.39, 0.29) is 25.1 Å². The van der Waals surface area contributed by atoms with Crippen molar-refractivity contribution < 1.29 is 14.6 Å². The van der Waals surface area contributed by atoms with Crippen molar-refractivity contribution in [3.8, 4) is 0 Å². The van der Waals surface area contributed by atoms with Gasteiger partial charge in [-0.3, -0.25) is 4.90 Å². The van der Waals surface area contributed by atoms with E-state index < -0.39 is 0 Å². The van der Waals surface area contributed by atoms with Gasteiger partial charge in [0.15, 0.2) is 0 Å². The molecule has 0 bridgehead atoms. The lowest BCUT2D eigenvalue weighted by Gasteiger charge is -2.24. The molecule has 1 rings (SSSR count). The molecule has 4 heteroatoms. The highest BCUT2D eigenvalue weighted by Crippen LogP contribution is 2.05. The van der Waals surface area contributed by atoms with Crippen LogP contribution < -0.4 is 0 Å². The molecular formula is C12H18FNO2. The Hall–Kier alpha value is -0.970. The Kier molecular flexibility index (Phi) is 5.38. The van der Waals surface area contributed by atoms with E-state index >= 15 is 0 Å². The van der Waals surface area contributed by atoms with Crippen molar-refractivity contribution in [2.24, 2.45) is 0 Å². The van der Waals surface area contributed by atoms with Crippen LogP contribution in [-0.2, 0) is 6.42 Å². The number of hydrogen-bond donors (Lipinski definition) is 2. The minimum Gasteiger partial charge on any atom is -0.395 e. The van der Waals surface area contributed by atoms with Crippen LogP contribution in [0.15, 0.2) is 24.3 Å².